The molecule has 118 valence electrons. The van der Waals surface area contributed by atoms with Crippen LogP contribution in [0, 0.1) is 17.0 Å². The van der Waals surface area contributed by atoms with Gasteiger partial charge in [-0.1, -0.05) is 11.6 Å². The minimum Gasteiger partial charge on any atom is -0.355 e. The second-order valence-corrected chi connectivity index (χ2v) is 5.52. The van der Waals surface area contributed by atoms with Gasteiger partial charge in [0.25, 0.3) is 11.5 Å². The average Bonchev–Trinajstić information content (AvgIpc) is 2.96. The van der Waals surface area contributed by atoms with Crippen LogP contribution in [0.25, 0.3) is 5.78 Å². The highest BCUT2D eigenvalue weighted by Crippen LogP contribution is 2.25. The van der Waals surface area contributed by atoms with Gasteiger partial charge in [-0.2, -0.15) is 14.6 Å². The molecule has 0 fully saturated rings. The Morgan fingerprint density at radius 3 is 2.91 bits per heavy atom. The summed E-state index contributed by atoms with van der Waals surface area (Å²) in [6.45, 7) is 2.26. The molecule has 0 N–H and O–H groups in total. The van der Waals surface area contributed by atoms with E-state index in [-0.39, 0.29) is 5.69 Å². The van der Waals surface area contributed by atoms with Gasteiger partial charge in [0.15, 0.2) is 0 Å². The topological polar surface area (TPSA) is 89.5 Å². The van der Waals surface area contributed by atoms with E-state index in [0.717, 1.165) is 11.5 Å². The number of aromatic nitrogens is 4. The van der Waals surface area contributed by atoms with Crippen LogP contribution in [0.1, 0.15) is 11.3 Å². The highest BCUT2D eigenvalue weighted by atomic mass is 35.5. The van der Waals surface area contributed by atoms with E-state index >= 15 is 0 Å². The van der Waals surface area contributed by atoms with Crippen LogP contribution in [-0.4, -0.2) is 31.6 Å². The molecule has 2 heterocycles. The highest BCUT2D eigenvalue weighted by Gasteiger charge is 2.14. The SMILES string of the molecule is Cc1cc(N(C)Cc2cc([N+](=O)[O-])ccc2Cl)n2ncnc2n1. The molecule has 0 radical (unpaired) electrons. The van der Waals surface area contributed by atoms with Crippen molar-refractivity contribution in [2.24, 2.45) is 0 Å². The van der Waals surface area contributed by atoms with Gasteiger partial charge in [-0.3, -0.25) is 10.1 Å². The molecule has 0 aliphatic carbocycles. The van der Waals surface area contributed by atoms with Crippen LogP contribution in [0.3, 0.4) is 0 Å². The van der Waals surface area contributed by atoms with Crippen molar-refractivity contribution in [3.8, 4) is 0 Å². The third kappa shape index (κ3) is 2.93. The molecule has 0 saturated carbocycles. The summed E-state index contributed by atoms with van der Waals surface area (Å²) in [4.78, 5) is 20.7. The number of fused-ring (bicyclic) bond motifs is 1. The number of hydrogen-bond acceptors (Lipinski definition) is 6. The Bertz CT molecular complexity index is 894. The molecule has 0 spiro atoms. The summed E-state index contributed by atoms with van der Waals surface area (Å²) in [5, 5.41) is 15.5. The number of hydrogen-bond donors (Lipinski definition) is 0. The Labute approximate surface area is 136 Å². The summed E-state index contributed by atoms with van der Waals surface area (Å²) in [6.07, 6.45) is 1.43. The second-order valence-electron chi connectivity index (χ2n) is 5.12. The van der Waals surface area contributed by atoms with Crippen LogP contribution in [0.4, 0.5) is 11.5 Å². The lowest BCUT2D eigenvalue weighted by Gasteiger charge is -2.20. The molecular formula is C14H13ClN6O2. The fraction of sp³-hybridized carbons (Fsp3) is 0.214. The van der Waals surface area contributed by atoms with E-state index in [1.165, 1.54) is 24.5 Å². The zero-order valence-electron chi connectivity index (χ0n) is 12.5. The molecule has 0 amide bonds. The Morgan fingerprint density at radius 2 is 2.17 bits per heavy atom. The molecule has 23 heavy (non-hydrogen) atoms. The summed E-state index contributed by atoms with van der Waals surface area (Å²) in [5.74, 6) is 1.27. The lowest BCUT2D eigenvalue weighted by molar-refractivity contribution is -0.384. The van der Waals surface area contributed by atoms with Crippen LogP contribution in [0.5, 0.6) is 0 Å². The Hall–Kier alpha value is -2.74. The predicted octanol–water partition coefficient (Wildman–Crippen LogP) is 2.63. The molecule has 0 atom stereocenters. The number of nitrogens with zero attached hydrogens (tertiary/aromatic N) is 6. The quantitative estimate of drug-likeness (QED) is 0.539. The molecule has 8 nitrogen and oxygen atoms in total. The van der Waals surface area contributed by atoms with Gasteiger partial charge in [-0.15, -0.1) is 0 Å². The van der Waals surface area contributed by atoms with Gasteiger partial charge < -0.3 is 4.90 Å². The van der Waals surface area contributed by atoms with Crippen molar-refractivity contribution >= 4 is 28.9 Å². The number of nitro benzene ring substituents is 1. The fourth-order valence-corrected chi connectivity index (χ4v) is 2.49. The lowest BCUT2D eigenvalue weighted by Crippen LogP contribution is -2.20. The van der Waals surface area contributed by atoms with Gasteiger partial charge in [0.1, 0.15) is 12.1 Å². The first-order valence-electron chi connectivity index (χ1n) is 6.77. The number of rotatable bonds is 4. The van der Waals surface area contributed by atoms with E-state index < -0.39 is 4.92 Å². The maximum Gasteiger partial charge on any atom is 0.269 e. The number of anilines is 1. The molecule has 9 heteroatoms. The van der Waals surface area contributed by atoms with Crippen LogP contribution >= 0.6 is 11.6 Å². The molecule has 1 aromatic carbocycles. The summed E-state index contributed by atoms with van der Waals surface area (Å²) in [6, 6.07) is 6.27. The number of halogens is 1. The van der Waals surface area contributed by atoms with Crippen molar-refractivity contribution in [2.45, 2.75) is 13.5 Å². The zero-order chi connectivity index (χ0) is 16.6. The molecular weight excluding hydrogens is 320 g/mol. The van der Waals surface area contributed by atoms with Crippen molar-refractivity contribution < 1.29 is 4.92 Å². The Kier molecular flexibility index (Phi) is 3.83. The molecule has 0 aliphatic rings. The van der Waals surface area contributed by atoms with Gasteiger partial charge in [0, 0.05) is 42.5 Å². The van der Waals surface area contributed by atoms with E-state index in [1.807, 2.05) is 24.9 Å². The number of aryl methyl sites for hydroxylation is 1. The molecule has 0 bridgehead atoms. The molecule has 0 saturated heterocycles. The van der Waals surface area contributed by atoms with Gasteiger partial charge >= 0.3 is 0 Å². The Morgan fingerprint density at radius 1 is 1.39 bits per heavy atom. The maximum absolute atomic E-state index is 10.9. The first-order valence-corrected chi connectivity index (χ1v) is 7.15. The minimum absolute atomic E-state index is 0.00890. The van der Waals surface area contributed by atoms with Crippen LogP contribution in [-0.2, 0) is 6.54 Å². The number of non-ortho nitro benzene ring substituents is 1. The molecule has 0 unspecified atom stereocenters. The zero-order valence-corrected chi connectivity index (χ0v) is 13.2. The molecule has 2 aromatic heterocycles. The summed E-state index contributed by atoms with van der Waals surface area (Å²) in [5.41, 5.74) is 1.47. The molecule has 3 aromatic rings. The standard InChI is InChI=1S/C14H13ClN6O2/c1-9-5-13(20-14(18-9)16-8-17-20)19(2)7-10-6-11(21(22)23)3-4-12(10)15/h3-6,8H,7H2,1-2H3. The van der Waals surface area contributed by atoms with E-state index in [4.69, 9.17) is 11.6 Å². The van der Waals surface area contributed by atoms with Crippen LogP contribution in [0.2, 0.25) is 5.02 Å². The first-order chi connectivity index (χ1) is 11.0. The predicted molar refractivity (Wildman–Crippen MR) is 85.7 cm³/mol. The minimum atomic E-state index is -0.438. The van der Waals surface area contributed by atoms with Crippen molar-refractivity contribution in [1.29, 1.82) is 0 Å². The van der Waals surface area contributed by atoms with E-state index in [2.05, 4.69) is 15.1 Å². The first kappa shape index (κ1) is 15.2. The summed E-state index contributed by atoms with van der Waals surface area (Å²) < 4.78 is 1.61. The normalized spacial score (nSPS) is 10.9. The summed E-state index contributed by atoms with van der Waals surface area (Å²) in [7, 11) is 1.85. The highest BCUT2D eigenvalue weighted by molar-refractivity contribution is 6.31. The van der Waals surface area contributed by atoms with Gasteiger partial charge in [0.2, 0.25) is 0 Å². The van der Waals surface area contributed by atoms with Crippen molar-refractivity contribution in [1.82, 2.24) is 19.6 Å². The fourth-order valence-electron chi connectivity index (χ4n) is 2.32. The number of benzene rings is 1. The van der Waals surface area contributed by atoms with Gasteiger partial charge in [-0.25, -0.2) is 4.98 Å². The van der Waals surface area contributed by atoms with E-state index in [9.17, 15) is 10.1 Å². The number of nitro groups is 1. The van der Waals surface area contributed by atoms with Crippen molar-refractivity contribution in [3.05, 3.63) is 57.0 Å². The molecule has 3 rings (SSSR count). The third-order valence-electron chi connectivity index (χ3n) is 3.40. The van der Waals surface area contributed by atoms with E-state index in [1.54, 1.807) is 4.52 Å². The van der Waals surface area contributed by atoms with Crippen molar-refractivity contribution in [3.63, 3.8) is 0 Å². The van der Waals surface area contributed by atoms with Crippen LogP contribution in [0.15, 0.2) is 30.6 Å². The van der Waals surface area contributed by atoms with Gasteiger partial charge in [-0.05, 0) is 18.6 Å². The monoisotopic (exact) mass is 332 g/mol. The lowest BCUT2D eigenvalue weighted by atomic mass is 10.2. The van der Waals surface area contributed by atoms with Crippen LogP contribution < -0.4 is 4.90 Å². The van der Waals surface area contributed by atoms with E-state index in [0.29, 0.717) is 22.9 Å². The molecule has 0 aliphatic heterocycles. The van der Waals surface area contributed by atoms with Gasteiger partial charge in [0.05, 0.1) is 4.92 Å². The maximum atomic E-state index is 10.9. The van der Waals surface area contributed by atoms with Crippen molar-refractivity contribution in [2.75, 3.05) is 11.9 Å². The summed E-state index contributed by atoms with van der Waals surface area (Å²) >= 11 is 6.16. The largest absolute Gasteiger partial charge is 0.355 e. The third-order valence-corrected chi connectivity index (χ3v) is 3.77. The second kappa shape index (κ2) is 5.81. The average molecular weight is 333 g/mol. The Balaban J connectivity index is 1.98. The smallest absolute Gasteiger partial charge is 0.269 e.